The summed E-state index contributed by atoms with van der Waals surface area (Å²) in [6, 6.07) is 10.5. The number of hydrogen-bond donors (Lipinski definition) is 1. The monoisotopic (exact) mass is 460 g/mol. The largest absolute Gasteiger partial charge is 0.368 e. The van der Waals surface area contributed by atoms with Crippen molar-refractivity contribution in [3.63, 3.8) is 0 Å². The first kappa shape index (κ1) is 22.3. The van der Waals surface area contributed by atoms with Crippen molar-refractivity contribution in [3.05, 3.63) is 51.5 Å². The van der Waals surface area contributed by atoms with Gasteiger partial charge in [0.25, 0.3) is 0 Å². The number of likely N-dealkylation sites (N-methyl/N-ethyl adjacent to an activating group) is 1. The summed E-state index contributed by atoms with van der Waals surface area (Å²) >= 11 is 12.4. The molecule has 2 aromatic carbocycles. The molecule has 0 radical (unpaired) electrons. The Morgan fingerprint density at radius 1 is 1.13 bits per heavy atom. The van der Waals surface area contributed by atoms with E-state index in [1.165, 1.54) is 16.8 Å². The van der Waals surface area contributed by atoms with Crippen molar-refractivity contribution in [2.24, 2.45) is 0 Å². The lowest BCUT2D eigenvalue weighted by molar-refractivity contribution is 0.170. The summed E-state index contributed by atoms with van der Waals surface area (Å²) in [5, 5.41) is 3.72. The summed E-state index contributed by atoms with van der Waals surface area (Å²) in [4.78, 5) is 19.9. The average Bonchev–Trinajstić information content (AvgIpc) is 3.17. The maximum absolute atomic E-state index is 13.1. The van der Waals surface area contributed by atoms with Crippen LogP contribution in [0.3, 0.4) is 0 Å². The number of carbonyl (C=O) groups is 1. The highest BCUT2D eigenvalue weighted by molar-refractivity contribution is 6.44. The minimum atomic E-state index is -0.182. The molecule has 1 saturated heterocycles. The van der Waals surface area contributed by atoms with Gasteiger partial charge < -0.3 is 10.2 Å². The van der Waals surface area contributed by atoms with Crippen molar-refractivity contribution in [1.82, 2.24) is 4.90 Å². The first-order valence-electron chi connectivity index (χ1n) is 10.9. The molecule has 1 fully saturated rings. The molecule has 1 N–H and O–H groups in total. The third-order valence-corrected chi connectivity index (χ3v) is 7.51. The van der Waals surface area contributed by atoms with Crippen LogP contribution in [0, 0.1) is 0 Å². The SMILES string of the molecule is CCc1cc2c(cc1N1CC(C)N(C)C(C)C1)N(C(=O)Nc1cccc(Cl)c1Cl)CC2. The van der Waals surface area contributed by atoms with Crippen LogP contribution in [0.25, 0.3) is 0 Å². The average molecular weight is 461 g/mol. The number of halogens is 2. The fourth-order valence-corrected chi connectivity index (χ4v) is 5.00. The first-order chi connectivity index (χ1) is 14.8. The van der Waals surface area contributed by atoms with Gasteiger partial charge in [0.15, 0.2) is 0 Å². The molecule has 0 spiro atoms. The summed E-state index contributed by atoms with van der Waals surface area (Å²) < 4.78 is 0. The van der Waals surface area contributed by atoms with Crippen LogP contribution in [-0.4, -0.2) is 49.7 Å². The Morgan fingerprint density at radius 2 is 1.84 bits per heavy atom. The van der Waals surface area contributed by atoms with Gasteiger partial charge >= 0.3 is 6.03 Å². The van der Waals surface area contributed by atoms with E-state index < -0.39 is 0 Å². The van der Waals surface area contributed by atoms with E-state index in [0.717, 1.165) is 31.6 Å². The predicted octanol–water partition coefficient (Wildman–Crippen LogP) is 5.68. The van der Waals surface area contributed by atoms with E-state index in [1.807, 2.05) is 4.90 Å². The van der Waals surface area contributed by atoms with Crippen LogP contribution in [0.5, 0.6) is 0 Å². The summed E-state index contributed by atoms with van der Waals surface area (Å²) in [6.07, 6.45) is 1.83. The number of urea groups is 1. The van der Waals surface area contributed by atoms with Gasteiger partial charge in [-0.1, -0.05) is 42.3 Å². The molecule has 5 nitrogen and oxygen atoms in total. The fourth-order valence-electron chi connectivity index (χ4n) is 4.65. The van der Waals surface area contributed by atoms with E-state index in [2.05, 4.69) is 55.1 Å². The van der Waals surface area contributed by atoms with Crippen molar-refractivity contribution >= 4 is 46.3 Å². The number of hydrogen-bond acceptors (Lipinski definition) is 3. The molecule has 0 bridgehead atoms. The van der Waals surface area contributed by atoms with E-state index in [4.69, 9.17) is 23.2 Å². The normalized spacial score (nSPS) is 21.4. The molecular weight excluding hydrogens is 431 g/mol. The molecule has 2 atom stereocenters. The highest BCUT2D eigenvalue weighted by Crippen LogP contribution is 2.37. The number of aryl methyl sites for hydroxylation is 1. The maximum Gasteiger partial charge on any atom is 0.326 e. The van der Waals surface area contributed by atoms with Crippen LogP contribution in [0.2, 0.25) is 10.0 Å². The number of nitrogens with zero attached hydrogens (tertiary/aromatic N) is 3. The zero-order valence-electron chi connectivity index (χ0n) is 18.6. The molecule has 2 aliphatic rings. The lowest BCUT2D eigenvalue weighted by Gasteiger charge is -2.44. The number of amides is 2. The van der Waals surface area contributed by atoms with Crippen LogP contribution in [0.4, 0.5) is 21.9 Å². The summed E-state index contributed by atoms with van der Waals surface area (Å²) in [5.74, 6) is 0. The number of rotatable bonds is 3. The topological polar surface area (TPSA) is 38.8 Å². The number of fused-ring (bicyclic) bond motifs is 1. The second kappa shape index (κ2) is 8.89. The summed E-state index contributed by atoms with van der Waals surface area (Å²) in [5.41, 5.74) is 5.33. The Hall–Kier alpha value is -1.95. The number of anilines is 3. The van der Waals surface area contributed by atoms with Gasteiger partial charge in [-0.2, -0.15) is 0 Å². The Kier molecular flexibility index (Phi) is 6.38. The Labute approximate surface area is 194 Å². The van der Waals surface area contributed by atoms with Crippen LogP contribution < -0.4 is 15.1 Å². The Bertz CT molecular complexity index is 984. The number of nitrogens with one attached hydrogen (secondary N) is 1. The standard InChI is InChI=1S/C24H30Cl2N4O/c1-5-17-11-18-9-10-30(24(31)27-20-8-6-7-19(25)23(20)26)22(18)12-21(17)29-13-15(2)28(4)16(3)14-29/h6-8,11-12,15-16H,5,9-10,13-14H2,1-4H3,(H,27,31). The highest BCUT2D eigenvalue weighted by atomic mass is 35.5. The maximum atomic E-state index is 13.1. The number of carbonyl (C=O) groups excluding carboxylic acids is 1. The summed E-state index contributed by atoms with van der Waals surface area (Å²) in [6.45, 7) is 9.37. The summed E-state index contributed by atoms with van der Waals surface area (Å²) in [7, 11) is 2.20. The minimum Gasteiger partial charge on any atom is -0.368 e. The van der Waals surface area contributed by atoms with Crippen molar-refractivity contribution in [2.75, 3.05) is 41.8 Å². The quantitative estimate of drug-likeness (QED) is 0.639. The van der Waals surface area contributed by atoms with Crippen molar-refractivity contribution in [2.45, 2.75) is 45.7 Å². The van der Waals surface area contributed by atoms with E-state index in [0.29, 0.717) is 34.4 Å². The molecule has 2 amide bonds. The van der Waals surface area contributed by atoms with Gasteiger partial charge in [0.2, 0.25) is 0 Å². The lowest BCUT2D eigenvalue weighted by atomic mass is 10.0. The number of benzene rings is 2. The zero-order valence-corrected chi connectivity index (χ0v) is 20.1. The molecule has 0 aliphatic carbocycles. The third-order valence-electron chi connectivity index (χ3n) is 6.70. The Morgan fingerprint density at radius 3 is 2.52 bits per heavy atom. The van der Waals surface area contributed by atoms with Gasteiger partial charge in [0, 0.05) is 37.4 Å². The zero-order chi connectivity index (χ0) is 22.3. The van der Waals surface area contributed by atoms with Gasteiger partial charge in [-0.25, -0.2) is 4.79 Å². The van der Waals surface area contributed by atoms with Crippen LogP contribution >= 0.6 is 23.2 Å². The smallest absolute Gasteiger partial charge is 0.326 e. The molecule has 2 aliphatic heterocycles. The van der Waals surface area contributed by atoms with Crippen LogP contribution in [0.15, 0.2) is 30.3 Å². The van der Waals surface area contributed by atoms with Crippen molar-refractivity contribution in [1.29, 1.82) is 0 Å². The van der Waals surface area contributed by atoms with Gasteiger partial charge in [0.1, 0.15) is 0 Å². The van der Waals surface area contributed by atoms with Gasteiger partial charge in [-0.05, 0) is 63.1 Å². The molecular formula is C24H30Cl2N4O. The number of piperazine rings is 1. The van der Waals surface area contributed by atoms with E-state index in [-0.39, 0.29) is 6.03 Å². The lowest BCUT2D eigenvalue weighted by Crippen LogP contribution is -2.55. The molecule has 4 rings (SSSR count). The predicted molar refractivity (Wildman–Crippen MR) is 131 cm³/mol. The van der Waals surface area contributed by atoms with Gasteiger partial charge in [0.05, 0.1) is 21.4 Å². The second-order valence-corrected chi connectivity index (χ2v) is 9.45. The van der Waals surface area contributed by atoms with Gasteiger partial charge in [-0.3, -0.25) is 9.80 Å². The molecule has 0 aromatic heterocycles. The van der Waals surface area contributed by atoms with Gasteiger partial charge in [-0.15, -0.1) is 0 Å². The first-order valence-corrected chi connectivity index (χ1v) is 11.7. The molecule has 0 saturated carbocycles. The molecule has 2 unspecified atom stereocenters. The fraction of sp³-hybridized carbons (Fsp3) is 0.458. The van der Waals surface area contributed by atoms with Crippen molar-refractivity contribution < 1.29 is 4.79 Å². The highest BCUT2D eigenvalue weighted by Gasteiger charge is 2.31. The molecule has 31 heavy (non-hydrogen) atoms. The molecule has 2 heterocycles. The minimum absolute atomic E-state index is 0.182. The van der Waals surface area contributed by atoms with E-state index in [1.54, 1.807) is 18.2 Å². The van der Waals surface area contributed by atoms with E-state index >= 15 is 0 Å². The third kappa shape index (κ3) is 4.23. The van der Waals surface area contributed by atoms with Crippen LogP contribution in [-0.2, 0) is 12.8 Å². The second-order valence-electron chi connectivity index (χ2n) is 8.66. The van der Waals surface area contributed by atoms with E-state index in [9.17, 15) is 4.79 Å². The molecule has 7 heteroatoms. The molecule has 2 aromatic rings. The van der Waals surface area contributed by atoms with Crippen molar-refractivity contribution in [3.8, 4) is 0 Å². The molecule has 166 valence electrons. The van der Waals surface area contributed by atoms with Crippen LogP contribution in [0.1, 0.15) is 31.9 Å². The Balaban J connectivity index is 1.63.